The Labute approximate surface area is 96.8 Å². The summed E-state index contributed by atoms with van der Waals surface area (Å²) in [4.78, 5) is 0. The maximum atomic E-state index is 6.04. The largest absolute Gasteiger partial charge is 0.396 e. The van der Waals surface area contributed by atoms with Crippen LogP contribution in [0.25, 0.3) is 11.1 Å². The van der Waals surface area contributed by atoms with Gasteiger partial charge in [0, 0.05) is 16.1 Å². The van der Waals surface area contributed by atoms with Crippen molar-refractivity contribution in [3.63, 3.8) is 0 Å². The van der Waals surface area contributed by atoms with E-state index in [1.165, 1.54) is 0 Å². The van der Waals surface area contributed by atoms with Crippen LogP contribution in [0.5, 0.6) is 0 Å². The van der Waals surface area contributed by atoms with Gasteiger partial charge in [-0.25, -0.2) is 0 Å². The highest BCUT2D eigenvalue weighted by molar-refractivity contribution is 6.34. The Kier molecular flexibility index (Phi) is 2.75. The lowest BCUT2D eigenvalue weighted by Gasteiger charge is -2.06. The van der Waals surface area contributed by atoms with Crippen molar-refractivity contribution in [2.75, 3.05) is 5.73 Å². The van der Waals surface area contributed by atoms with Crippen LogP contribution in [0.2, 0.25) is 10.2 Å². The van der Waals surface area contributed by atoms with Gasteiger partial charge in [-0.15, -0.1) is 5.10 Å². The summed E-state index contributed by atoms with van der Waals surface area (Å²) in [7, 11) is 0. The number of nitrogens with two attached hydrogens (primary N) is 1. The first kappa shape index (κ1) is 10.2. The van der Waals surface area contributed by atoms with E-state index in [0.717, 1.165) is 5.56 Å². The smallest absolute Gasteiger partial charge is 0.175 e. The van der Waals surface area contributed by atoms with E-state index in [-0.39, 0.29) is 5.15 Å². The number of hydrogen-bond acceptors (Lipinski definition) is 3. The number of nitrogens with zero attached hydrogens (tertiary/aromatic N) is 2. The van der Waals surface area contributed by atoms with Gasteiger partial charge in [0.05, 0.1) is 11.9 Å². The predicted octanol–water partition coefficient (Wildman–Crippen LogP) is 3.03. The molecule has 2 N–H and O–H groups in total. The fraction of sp³-hybridized carbons (Fsp3) is 0. The first-order valence-corrected chi connectivity index (χ1v) is 4.97. The summed E-state index contributed by atoms with van der Waals surface area (Å²) < 4.78 is 0. The number of anilines is 1. The van der Waals surface area contributed by atoms with Crippen LogP contribution in [0.15, 0.2) is 30.5 Å². The molecule has 1 aromatic heterocycles. The zero-order valence-electron chi connectivity index (χ0n) is 7.61. The summed E-state index contributed by atoms with van der Waals surface area (Å²) in [5.41, 5.74) is 7.67. The van der Waals surface area contributed by atoms with E-state index in [0.29, 0.717) is 16.3 Å². The van der Waals surface area contributed by atoms with Crippen LogP contribution in [0.3, 0.4) is 0 Å². The first-order valence-electron chi connectivity index (χ1n) is 4.21. The monoisotopic (exact) mass is 239 g/mol. The average Bonchev–Trinajstić information content (AvgIpc) is 2.23. The lowest BCUT2D eigenvalue weighted by Crippen LogP contribution is -1.95. The molecule has 1 heterocycles. The maximum absolute atomic E-state index is 6.04. The van der Waals surface area contributed by atoms with Crippen LogP contribution in [-0.4, -0.2) is 10.2 Å². The molecule has 15 heavy (non-hydrogen) atoms. The molecule has 0 spiro atoms. The molecule has 5 heteroatoms. The quantitative estimate of drug-likeness (QED) is 0.833. The van der Waals surface area contributed by atoms with Crippen LogP contribution in [0.1, 0.15) is 0 Å². The Bertz CT molecular complexity index is 500. The van der Waals surface area contributed by atoms with E-state index >= 15 is 0 Å². The van der Waals surface area contributed by atoms with Crippen molar-refractivity contribution in [3.8, 4) is 11.1 Å². The minimum atomic E-state index is 0.187. The Morgan fingerprint density at radius 1 is 1.07 bits per heavy atom. The molecule has 0 bridgehead atoms. The molecule has 0 amide bonds. The predicted molar refractivity (Wildman–Crippen MR) is 61.9 cm³/mol. The lowest BCUT2D eigenvalue weighted by molar-refractivity contribution is 1.04. The van der Waals surface area contributed by atoms with Gasteiger partial charge >= 0.3 is 0 Å². The van der Waals surface area contributed by atoms with Gasteiger partial charge in [0.2, 0.25) is 0 Å². The molecule has 3 nitrogen and oxygen atoms in total. The third-order valence-electron chi connectivity index (χ3n) is 2.01. The van der Waals surface area contributed by atoms with Gasteiger partial charge in [0.15, 0.2) is 5.15 Å². The minimum Gasteiger partial charge on any atom is -0.396 e. The van der Waals surface area contributed by atoms with Gasteiger partial charge in [-0.1, -0.05) is 41.4 Å². The molecule has 0 unspecified atom stereocenters. The third kappa shape index (κ3) is 1.89. The SMILES string of the molecule is Nc1c(-c2ccccc2Cl)cnnc1Cl. The topological polar surface area (TPSA) is 51.8 Å². The summed E-state index contributed by atoms with van der Waals surface area (Å²) in [5.74, 6) is 0. The molecule has 0 saturated heterocycles. The lowest BCUT2D eigenvalue weighted by atomic mass is 10.1. The number of benzene rings is 1. The van der Waals surface area contributed by atoms with Crippen LogP contribution in [0, 0.1) is 0 Å². The van der Waals surface area contributed by atoms with Crippen molar-refractivity contribution in [3.05, 3.63) is 40.6 Å². The summed E-state index contributed by atoms with van der Waals surface area (Å²) in [5, 5.41) is 8.18. The van der Waals surface area contributed by atoms with Crippen LogP contribution in [-0.2, 0) is 0 Å². The third-order valence-corrected chi connectivity index (χ3v) is 2.62. The molecule has 0 saturated carbocycles. The maximum Gasteiger partial charge on any atom is 0.175 e. The van der Waals surface area contributed by atoms with Crippen molar-refractivity contribution in [2.24, 2.45) is 0 Å². The zero-order valence-corrected chi connectivity index (χ0v) is 9.13. The molecule has 0 atom stereocenters. The van der Waals surface area contributed by atoms with Crippen LogP contribution >= 0.6 is 23.2 Å². The molecular weight excluding hydrogens is 233 g/mol. The normalized spacial score (nSPS) is 10.3. The van der Waals surface area contributed by atoms with Gasteiger partial charge in [-0.3, -0.25) is 0 Å². The van der Waals surface area contributed by atoms with E-state index in [4.69, 9.17) is 28.9 Å². The second-order valence-electron chi connectivity index (χ2n) is 2.94. The second kappa shape index (κ2) is 4.04. The molecular formula is C10H7Cl2N3. The summed E-state index contributed by atoms with van der Waals surface area (Å²) in [6.07, 6.45) is 1.54. The summed E-state index contributed by atoms with van der Waals surface area (Å²) in [6.45, 7) is 0. The van der Waals surface area contributed by atoms with Crippen molar-refractivity contribution in [2.45, 2.75) is 0 Å². The Morgan fingerprint density at radius 2 is 1.80 bits per heavy atom. The fourth-order valence-corrected chi connectivity index (χ4v) is 1.65. The minimum absolute atomic E-state index is 0.187. The Hall–Kier alpha value is -1.32. The molecule has 76 valence electrons. The van der Waals surface area contributed by atoms with Crippen molar-refractivity contribution in [1.29, 1.82) is 0 Å². The molecule has 0 fully saturated rings. The van der Waals surface area contributed by atoms with Crippen molar-refractivity contribution >= 4 is 28.9 Å². The Morgan fingerprint density at radius 3 is 2.53 bits per heavy atom. The van der Waals surface area contributed by atoms with Crippen LogP contribution in [0.4, 0.5) is 5.69 Å². The van der Waals surface area contributed by atoms with E-state index in [1.54, 1.807) is 12.3 Å². The number of hydrogen-bond donors (Lipinski definition) is 1. The van der Waals surface area contributed by atoms with E-state index in [1.807, 2.05) is 18.2 Å². The molecule has 0 aliphatic heterocycles. The van der Waals surface area contributed by atoms with Gasteiger partial charge < -0.3 is 5.73 Å². The number of nitrogen functional groups attached to an aromatic ring is 1. The van der Waals surface area contributed by atoms with Gasteiger partial charge in [0.25, 0.3) is 0 Å². The Balaban J connectivity index is 2.65. The van der Waals surface area contributed by atoms with Gasteiger partial charge in [-0.05, 0) is 6.07 Å². The summed E-state index contributed by atoms with van der Waals surface area (Å²) in [6, 6.07) is 7.35. The molecule has 2 rings (SSSR count). The number of halogens is 2. The molecule has 1 aromatic carbocycles. The molecule has 0 radical (unpaired) electrons. The highest BCUT2D eigenvalue weighted by Crippen LogP contribution is 2.33. The number of aromatic nitrogens is 2. The zero-order chi connectivity index (χ0) is 10.8. The van der Waals surface area contributed by atoms with Gasteiger partial charge in [0.1, 0.15) is 0 Å². The highest BCUT2D eigenvalue weighted by atomic mass is 35.5. The standard InChI is InChI=1S/C10H7Cl2N3/c11-8-4-2-1-3-6(8)7-5-14-15-10(12)9(7)13/h1-5H,(H2,13,14). The average molecular weight is 240 g/mol. The van der Waals surface area contributed by atoms with Crippen molar-refractivity contribution in [1.82, 2.24) is 10.2 Å². The molecule has 0 aliphatic carbocycles. The van der Waals surface area contributed by atoms with E-state index in [9.17, 15) is 0 Å². The number of rotatable bonds is 1. The fourth-order valence-electron chi connectivity index (χ4n) is 1.27. The molecule has 2 aromatic rings. The molecule has 0 aliphatic rings. The highest BCUT2D eigenvalue weighted by Gasteiger charge is 2.09. The van der Waals surface area contributed by atoms with E-state index < -0.39 is 0 Å². The summed E-state index contributed by atoms with van der Waals surface area (Å²) >= 11 is 11.8. The van der Waals surface area contributed by atoms with Crippen molar-refractivity contribution < 1.29 is 0 Å². The van der Waals surface area contributed by atoms with Gasteiger partial charge in [-0.2, -0.15) is 5.10 Å². The van der Waals surface area contributed by atoms with Crippen LogP contribution < -0.4 is 5.73 Å². The second-order valence-corrected chi connectivity index (χ2v) is 3.71. The van der Waals surface area contributed by atoms with E-state index in [2.05, 4.69) is 10.2 Å². The first-order chi connectivity index (χ1) is 7.20.